The molecular formula is C12H20N2O4S. The number of ether oxygens (including phenoxy) is 2. The fourth-order valence-electron chi connectivity index (χ4n) is 1.47. The molecule has 0 aliphatic rings. The van der Waals surface area contributed by atoms with Crippen LogP contribution in [0.25, 0.3) is 0 Å². The van der Waals surface area contributed by atoms with Crippen LogP contribution in [0.15, 0.2) is 12.1 Å². The smallest absolute Gasteiger partial charge is 0.324 e. The van der Waals surface area contributed by atoms with Crippen LogP contribution in [0.4, 0.5) is 5.00 Å². The molecule has 0 bridgehead atoms. The standard InChI is InChI=1S/C12H20N2O4S/c1-17-8-9-18-7-3-2-6-13-10-11-4-5-12(19-11)14(15)16/h4-5,13H,2-3,6-10H2,1H3. The van der Waals surface area contributed by atoms with E-state index in [0.29, 0.717) is 19.8 Å². The second kappa shape index (κ2) is 9.85. The summed E-state index contributed by atoms with van der Waals surface area (Å²) in [5.74, 6) is 0. The molecule has 1 N–H and O–H groups in total. The molecule has 0 saturated carbocycles. The predicted octanol–water partition coefficient (Wildman–Crippen LogP) is 2.19. The third kappa shape index (κ3) is 7.22. The zero-order valence-corrected chi connectivity index (χ0v) is 11.9. The minimum Gasteiger partial charge on any atom is -0.382 e. The highest BCUT2D eigenvalue weighted by molar-refractivity contribution is 7.15. The maximum absolute atomic E-state index is 10.5. The summed E-state index contributed by atoms with van der Waals surface area (Å²) in [6.45, 7) is 3.59. The molecule has 108 valence electrons. The number of unbranched alkanes of at least 4 members (excludes halogenated alkanes) is 1. The Hall–Kier alpha value is -1.02. The van der Waals surface area contributed by atoms with E-state index in [0.717, 1.165) is 30.9 Å². The Morgan fingerprint density at radius 2 is 2.16 bits per heavy atom. The lowest BCUT2D eigenvalue weighted by Gasteiger charge is -2.04. The molecule has 0 aliphatic carbocycles. The van der Waals surface area contributed by atoms with Crippen LogP contribution in [0.3, 0.4) is 0 Å². The van der Waals surface area contributed by atoms with Crippen molar-refractivity contribution in [2.45, 2.75) is 19.4 Å². The van der Waals surface area contributed by atoms with E-state index in [9.17, 15) is 10.1 Å². The van der Waals surface area contributed by atoms with Crippen molar-refractivity contribution in [2.24, 2.45) is 0 Å². The van der Waals surface area contributed by atoms with Gasteiger partial charge >= 0.3 is 5.00 Å². The van der Waals surface area contributed by atoms with Crippen LogP contribution in [0.5, 0.6) is 0 Å². The molecule has 1 rings (SSSR count). The fraction of sp³-hybridized carbons (Fsp3) is 0.667. The first-order chi connectivity index (χ1) is 9.24. The van der Waals surface area contributed by atoms with Gasteiger partial charge in [-0.2, -0.15) is 0 Å². The van der Waals surface area contributed by atoms with Gasteiger partial charge in [0.15, 0.2) is 0 Å². The van der Waals surface area contributed by atoms with Gasteiger partial charge in [-0.3, -0.25) is 10.1 Å². The molecule has 0 aromatic carbocycles. The summed E-state index contributed by atoms with van der Waals surface area (Å²) in [4.78, 5) is 11.1. The first kappa shape index (κ1) is 16.0. The average molecular weight is 288 g/mol. The minimum atomic E-state index is -0.356. The van der Waals surface area contributed by atoms with Crippen molar-refractivity contribution >= 4 is 16.3 Å². The number of nitrogens with zero attached hydrogens (tertiary/aromatic N) is 1. The van der Waals surface area contributed by atoms with E-state index in [1.165, 1.54) is 11.3 Å². The first-order valence-corrected chi connectivity index (χ1v) is 7.06. The van der Waals surface area contributed by atoms with Crippen LogP contribution in [0.2, 0.25) is 0 Å². The minimum absolute atomic E-state index is 0.198. The van der Waals surface area contributed by atoms with Crippen LogP contribution in [-0.4, -0.2) is 38.4 Å². The number of hydrogen-bond acceptors (Lipinski definition) is 6. The number of methoxy groups -OCH3 is 1. The molecule has 1 aromatic heterocycles. The second-order valence-electron chi connectivity index (χ2n) is 3.99. The summed E-state index contributed by atoms with van der Waals surface area (Å²) in [5, 5.41) is 14.0. The van der Waals surface area contributed by atoms with E-state index in [1.54, 1.807) is 19.2 Å². The highest BCUT2D eigenvalue weighted by Gasteiger charge is 2.08. The molecular weight excluding hydrogens is 268 g/mol. The fourth-order valence-corrected chi connectivity index (χ4v) is 2.26. The number of rotatable bonds is 11. The molecule has 6 nitrogen and oxygen atoms in total. The van der Waals surface area contributed by atoms with Crippen molar-refractivity contribution in [1.29, 1.82) is 0 Å². The number of thiophene rings is 1. The zero-order chi connectivity index (χ0) is 13.9. The van der Waals surface area contributed by atoms with Crippen molar-refractivity contribution in [3.05, 3.63) is 27.1 Å². The molecule has 0 spiro atoms. The summed E-state index contributed by atoms with van der Waals surface area (Å²) in [7, 11) is 1.65. The molecule has 0 amide bonds. The predicted molar refractivity (Wildman–Crippen MR) is 74.6 cm³/mol. The van der Waals surface area contributed by atoms with E-state index in [2.05, 4.69) is 5.32 Å². The highest BCUT2D eigenvalue weighted by Crippen LogP contribution is 2.23. The van der Waals surface area contributed by atoms with Gasteiger partial charge in [-0.1, -0.05) is 11.3 Å². The number of nitro groups is 1. The van der Waals surface area contributed by atoms with Gasteiger partial charge in [0.1, 0.15) is 0 Å². The highest BCUT2D eigenvalue weighted by atomic mass is 32.1. The Kier molecular flexibility index (Phi) is 8.31. The number of hydrogen-bond donors (Lipinski definition) is 1. The van der Waals surface area contributed by atoms with Gasteiger partial charge in [0.05, 0.1) is 18.1 Å². The molecule has 7 heteroatoms. The van der Waals surface area contributed by atoms with Crippen molar-refractivity contribution in [3.63, 3.8) is 0 Å². The Morgan fingerprint density at radius 1 is 1.32 bits per heavy atom. The van der Waals surface area contributed by atoms with Crippen molar-refractivity contribution < 1.29 is 14.4 Å². The van der Waals surface area contributed by atoms with Gasteiger partial charge < -0.3 is 14.8 Å². The normalized spacial score (nSPS) is 10.8. The summed E-state index contributed by atoms with van der Waals surface area (Å²) >= 11 is 1.22. The van der Waals surface area contributed by atoms with E-state index >= 15 is 0 Å². The lowest BCUT2D eigenvalue weighted by Crippen LogP contribution is -2.14. The van der Waals surface area contributed by atoms with Crippen LogP contribution in [0.1, 0.15) is 17.7 Å². The first-order valence-electron chi connectivity index (χ1n) is 6.24. The van der Waals surface area contributed by atoms with Crippen LogP contribution >= 0.6 is 11.3 Å². The Labute approximate surface area is 116 Å². The van der Waals surface area contributed by atoms with Gasteiger partial charge in [0.25, 0.3) is 0 Å². The van der Waals surface area contributed by atoms with Crippen molar-refractivity contribution in [2.75, 3.05) is 33.5 Å². The zero-order valence-electron chi connectivity index (χ0n) is 11.1. The van der Waals surface area contributed by atoms with E-state index in [4.69, 9.17) is 9.47 Å². The van der Waals surface area contributed by atoms with Gasteiger partial charge in [-0.05, 0) is 25.5 Å². The van der Waals surface area contributed by atoms with Crippen LogP contribution in [-0.2, 0) is 16.0 Å². The van der Waals surface area contributed by atoms with Gasteiger partial charge in [0.2, 0.25) is 0 Å². The third-order valence-corrected chi connectivity index (χ3v) is 3.49. The molecule has 1 heterocycles. The molecule has 0 unspecified atom stereocenters. The van der Waals surface area contributed by atoms with E-state index in [-0.39, 0.29) is 9.92 Å². The van der Waals surface area contributed by atoms with Gasteiger partial charge in [-0.25, -0.2) is 0 Å². The topological polar surface area (TPSA) is 73.6 Å². The Balaban J connectivity index is 1.97. The lowest BCUT2D eigenvalue weighted by molar-refractivity contribution is -0.380. The maximum Gasteiger partial charge on any atom is 0.324 e. The largest absolute Gasteiger partial charge is 0.382 e. The monoisotopic (exact) mass is 288 g/mol. The quantitative estimate of drug-likeness (QED) is 0.384. The van der Waals surface area contributed by atoms with Crippen LogP contribution < -0.4 is 5.32 Å². The van der Waals surface area contributed by atoms with E-state index in [1.807, 2.05) is 0 Å². The number of nitrogens with one attached hydrogen (secondary N) is 1. The van der Waals surface area contributed by atoms with E-state index < -0.39 is 0 Å². The molecule has 0 saturated heterocycles. The molecule has 0 fully saturated rings. The van der Waals surface area contributed by atoms with Crippen molar-refractivity contribution in [3.8, 4) is 0 Å². The molecule has 0 radical (unpaired) electrons. The van der Waals surface area contributed by atoms with Gasteiger partial charge in [0, 0.05) is 31.2 Å². The van der Waals surface area contributed by atoms with Gasteiger partial charge in [-0.15, -0.1) is 0 Å². The molecule has 1 aromatic rings. The second-order valence-corrected chi connectivity index (χ2v) is 5.13. The molecule has 0 atom stereocenters. The summed E-state index contributed by atoms with van der Waals surface area (Å²) in [6, 6.07) is 3.34. The summed E-state index contributed by atoms with van der Waals surface area (Å²) in [6.07, 6.45) is 2.03. The van der Waals surface area contributed by atoms with Crippen LogP contribution in [0, 0.1) is 10.1 Å². The summed E-state index contributed by atoms with van der Waals surface area (Å²) in [5.41, 5.74) is 0. The lowest BCUT2D eigenvalue weighted by atomic mass is 10.3. The summed E-state index contributed by atoms with van der Waals surface area (Å²) < 4.78 is 10.2. The Bertz CT molecular complexity index is 370. The maximum atomic E-state index is 10.5. The third-order valence-electron chi connectivity index (χ3n) is 2.45. The van der Waals surface area contributed by atoms with Crippen molar-refractivity contribution in [1.82, 2.24) is 5.32 Å². The average Bonchev–Trinajstić information content (AvgIpc) is 2.86. The molecule has 19 heavy (non-hydrogen) atoms. The Morgan fingerprint density at radius 3 is 2.84 bits per heavy atom. The SMILES string of the molecule is COCCOCCCCNCc1ccc([N+](=O)[O-])s1. The molecule has 0 aliphatic heterocycles.